The number of ether oxygens (including phenoxy) is 1. The number of hydrogen-bond donors (Lipinski definition) is 1. The number of rotatable bonds is 3. The first-order valence-corrected chi connectivity index (χ1v) is 7.32. The van der Waals surface area contributed by atoms with E-state index in [9.17, 15) is 5.11 Å². The summed E-state index contributed by atoms with van der Waals surface area (Å²) in [7, 11) is 1.69. The summed E-state index contributed by atoms with van der Waals surface area (Å²) in [6.07, 6.45) is 8.05. The van der Waals surface area contributed by atoms with Crippen molar-refractivity contribution in [2.45, 2.75) is 50.4 Å². The van der Waals surface area contributed by atoms with E-state index in [4.69, 9.17) is 4.74 Å². The van der Waals surface area contributed by atoms with Crippen molar-refractivity contribution in [3.8, 4) is 5.75 Å². The van der Waals surface area contributed by atoms with E-state index >= 15 is 0 Å². The van der Waals surface area contributed by atoms with Gasteiger partial charge in [-0.15, -0.1) is 0 Å². The van der Waals surface area contributed by atoms with Crippen LogP contribution in [0.4, 0.5) is 0 Å². The Morgan fingerprint density at radius 2 is 1.68 bits per heavy atom. The van der Waals surface area contributed by atoms with Crippen LogP contribution in [0, 0.1) is 0 Å². The van der Waals surface area contributed by atoms with Crippen LogP contribution in [0.2, 0.25) is 0 Å². The first kappa shape index (κ1) is 12.6. The van der Waals surface area contributed by atoms with Gasteiger partial charge in [-0.1, -0.05) is 31.4 Å². The standard InChI is InChI=1S/C17H22O2/c1-19-15-9-7-14(8-10-15)17(11-3-2-4-12-17)16(18)13-5-6-13/h7-10,18H,2-6,11-12H2,1H3. The van der Waals surface area contributed by atoms with Gasteiger partial charge in [0.2, 0.25) is 0 Å². The van der Waals surface area contributed by atoms with Gasteiger partial charge in [0, 0.05) is 0 Å². The van der Waals surface area contributed by atoms with Crippen molar-refractivity contribution in [2.24, 2.45) is 0 Å². The molecule has 0 amide bonds. The van der Waals surface area contributed by atoms with E-state index < -0.39 is 0 Å². The highest BCUT2D eigenvalue weighted by atomic mass is 16.5. The highest BCUT2D eigenvalue weighted by Crippen LogP contribution is 2.49. The Kier molecular flexibility index (Phi) is 3.26. The van der Waals surface area contributed by atoms with E-state index in [1.165, 1.54) is 30.4 Å². The van der Waals surface area contributed by atoms with Crippen LogP contribution in [0.1, 0.15) is 50.5 Å². The molecule has 2 heteroatoms. The second kappa shape index (κ2) is 4.92. The predicted octanol–water partition coefficient (Wildman–Crippen LogP) is 4.50. The van der Waals surface area contributed by atoms with E-state index in [2.05, 4.69) is 12.1 Å². The molecule has 2 fully saturated rings. The monoisotopic (exact) mass is 258 g/mol. The quantitative estimate of drug-likeness (QED) is 0.809. The summed E-state index contributed by atoms with van der Waals surface area (Å²) in [5, 5.41) is 10.7. The maximum absolute atomic E-state index is 10.7. The zero-order valence-corrected chi connectivity index (χ0v) is 11.6. The molecule has 2 saturated carbocycles. The van der Waals surface area contributed by atoms with Crippen LogP contribution in [0.5, 0.6) is 5.75 Å². The normalized spacial score (nSPS) is 21.0. The Bertz CT molecular complexity index is 472. The smallest absolute Gasteiger partial charge is 0.118 e. The Morgan fingerprint density at radius 1 is 1.05 bits per heavy atom. The number of aliphatic hydroxyl groups excluding tert-OH is 1. The molecule has 1 aromatic carbocycles. The Hall–Kier alpha value is -1.44. The molecule has 102 valence electrons. The fourth-order valence-corrected chi connectivity index (χ4v) is 3.37. The molecule has 2 aliphatic carbocycles. The first-order valence-electron chi connectivity index (χ1n) is 7.32. The minimum absolute atomic E-state index is 0.115. The van der Waals surface area contributed by atoms with Crippen molar-refractivity contribution in [3.63, 3.8) is 0 Å². The number of aliphatic hydroxyl groups is 1. The highest BCUT2D eigenvalue weighted by Gasteiger charge is 2.41. The SMILES string of the molecule is COc1ccc(C2(C(O)=C3CC3)CCCCC2)cc1. The molecule has 0 unspecified atom stereocenters. The van der Waals surface area contributed by atoms with Crippen molar-refractivity contribution in [1.29, 1.82) is 0 Å². The molecule has 19 heavy (non-hydrogen) atoms. The second-order valence-electron chi connectivity index (χ2n) is 5.82. The Balaban J connectivity index is 2.00. The van der Waals surface area contributed by atoms with Gasteiger partial charge in [-0.05, 0) is 49.0 Å². The van der Waals surface area contributed by atoms with Crippen LogP contribution in [0.25, 0.3) is 0 Å². The zero-order chi connectivity index (χ0) is 13.3. The number of methoxy groups -OCH3 is 1. The molecule has 0 radical (unpaired) electrons. The summed E-state index contributed by atoms with van der Waals surface area (Å²) in [6.45, 7) is 0. The largest absolute Gasteiger partial charge is 0.511 e. The molecule has 0 spiro atoms. The third-order valence-corrected chi connectivity index (χ3v) is 4.64. The molecular weight excluding hydrogens is 236 g/mol. The maximum Gasteiger partial charge on any atom is 0.118 e. The average Bonchev–Trinajstić information content (AvgIpc) is 3.32. The van der Waals surface area contributed by atoms with Crippen molar-refractivity contribution >= 4 is 0 Å². The van der Waals surface area contributed by atoms with Crippen LogP contribution >= 0.6 is 0 Å². The van der Waals surface area contributed by atoms with Gasteiger partial charge in [-0.2, -0.15) is 0 Å². The molecule has 3 rings (SSSR count). The van der Waals surface area contributed by atoms with Gasteiger partial charge >= 0.3 is 0 Å². The lowest BCUT2D eigenvalue weighted by Crippen LogP contribution is -2.31. The van der Waals surface area contributed by atoms with Crippen LogP contribution in [-0.2, 0) is 5.41 Å². The van der Waals surface area contributed by atoms with Gasteiger partial charge in [0.05, 0.1) is 12.5 Å². The molecule has 0 atom stereocenters. The summed E-state index contributed by atoms with van der Waals surface area (Å²) in [4.78, 5) is 0. The van der Waals surface area contributed by atoms with Gasteiger partial charge < -0.3 is 9.84 Å². The number of benzene rings is 1. The summed E-state index contributed by atoms with van der Waals surface area (Å²) in [6, 6.07) is 8.28. The maximum atomic E-state index is 10.7. The van der Waals surface area contributed by atoms with E-state index in [-0.39, 0.29) is 5.41 Å². The molecule has 2 aliphatic rings. The molecule has 0 aliphatic heterocycles. The van der Waals surface area contributed by atoms with Crippen LogP contribution in [0.15, 0.2) is 35.6 Å². The first-order chi connectivity index (χ1) is 9.26. The lowest BCUT2D eigenvalue weighted by atomic mass is 9.68. The van der Waals surface area contributed by atoms with E-state index in [1.54, 1.807) is 7.11 Å². The summed E-state index contributed by atoms with van der Waals surface area (Å²) < 4.78 is 5.24. The molecule has 0 aromatic heterocycles. The van der Waals surface area contributed by atoms with Gasteiger partial charge in [0.25, 0.3) is 0 Å². The van der Waals surface area contributed by atoms with Gasteiger partial charge in [-0.3, -0.25) is 0 Å². The molecule has 1 N–H and O–H groups in total. The molecule has 0 bridgehead atoms. The topological polar surface area (TPSA) is 29.5 Å². The van der Waals surface area contributed by atoms with Crippen molar-refractivity contribution in [3.05, 3.63) is 41.2 Å². The molecule has 2 nitrogen and oxygen atoms in total. The fraction of sp³-hybridized carbons (Fsp3) is 0.529. The number of hydrogen-bond acceptors (Lipinski definition) is 2. The van der Waals surface area contributed by atoms with Gasteiger partial charge in [-0.25, -0.2) is 0 Å². The summed E-state index contributed by atoms with van der Waals surface area (Å²) in [5.41, 5.74) is 2.42. The minimum atomic E-state index is -0.115. The number of allylic oxidation sites excluding steroid dienone is 2. The lowest BCUT2D eigenvalue weighted by molar-refractivity contribution is 0.230. The van der Waals surface area contributed by atoms with Crippen LogP contribution in [-0.4, -0.2) is 12.2 Å². The van der Waals surface area contributed by atoms with Crippen molar-refractivity contribution < 1.29 is 9.84 Å². The molecule has 0 heterocycles. The summed E-state index contributed by atoms with van der Waals surface area (Å²) >= 11 is 0. The summed E-state index contributed by atoms with van der Waals surface area (Å²) in [5.74, 6) is 1.56. The van der Waals surface area contributed by atoms with Crippen LogP contribution in [0.3, 0.4) is 0 Å². The third kappa shape index (κ3) is 2.24. The van der Waals surface area contributed by atoms with Gasteiger partial charge in [0.1, 0.15) is 11.5 Å². The lowest BCUT2D eigenvalue weighted by Gasteiger charge is -2.37. The molecular formula is C17H22O2. The predicted molar refractivity (Wildman–Crippen MR) is 76.6 cm³/mol. The Labute approximate surface area is 115 Å². The minimum Gasteiger partial charge on any atom is -0.511 e. The zero-order valence-electron chi connectivity index (χ0n) is 11.6. The molecule has 0 saturated heterocycles. The highest BCUT2D eigenvalue weighted by molar-refractivity contribution is 5.41. The fourth-order valence-electron chi connectivity index (χ4n) is 3.37. The molecule has 1 aromatic rings. The third-order valence-electron chi connectivity index (χ3n) is 4.64. The Morgan fingerprint density at radius 3 is 2.21 bits per heavy atom. The second-order valence-corrected chi connectivity index (χ2v) is 5.82. The van der Waals surface area contributed by atoms with Crippen molar-refractivity contribution in [1.82, 2.24) is 0 Å². The van der Waals surface area contributed by atoms with Crippen LogP contribution < -0.4 is 4.74 Å². The van der Waals surface area contributed by atoms with E-state index in [0.717, 1.165) is 31.4 Å². The van der Waals surface area contributed by atoms with Gasteiger partial charge in [0.15, 0.2) is 0 Å². The van der Waals surface area contributed by atoms with E-state index in [1.807, 2.05) is 12.1 Å². The van der Waals surface area contributed by atoms with E-state index in [0.29, 0.717) is 5.76 Å². The average molecular weight is 258 g/mol. The van der Waals surface area contributed by atoms with Crippen molar-refractivity contribution in [2.75, 3.05) is 7.11 Å².